The van der Waals surface area contributed by atoms with Crippen LogP contribution in [0, 0.1) is 5.92 Å². The molecule has 3 aromatic heterocycles. The van der Waals surface area contributed by atoms with E-state index in [0.29, 0.717) is 17.1 Å². The number of hydrogen-bond donors (Lipinski definition) is 3. The molecule has 9 nitrogen and oxygen atoms in total. The number of carbonyl (C=O) groups excluding carboxylic acids is 2. The van der Waals surface area contributed by atoms with Gasteiger partial charge in [-0.2, -0.15) is 18.3 Å². The smallest absolute Gasteiger partial charge is 0.383 e. The van der Waals surface area contributed by atoms with Gasteiger partial charge in [0.15, 0.2) is 0 Å². The second-order valence-electron chi connectivity index (χ2n) is 7.62. The quantitative estimate of drug-likeness (QED) is 0.514. The minimum Gasteiger partial charge on any atom is -0.383 e. The Bertz CT molecular complexity index is 1130. The highest BCUT2D eigenvalue weighted by atomic mass is 19.4. The van der Waals surface area contributed by atoms with Gasteiger partial charge in [-0.3, -0.25) is 19.7 Å². The van der Waals surface area contributed by atoms with Gasteiger partial charge in [-0.05, 0) is 25.0 Å². The first-order valence-electron chi connectivity index (χ1n) is 9.70. The number of nitrogens with zero attached hydrogens (tertiary/aromatic N) is 4. The summed E-state index contributed by atoms with van der Waals surface area (Å²) in [6, 6.07) is 1.68. The summed E-state index contributed by atoms with van der Waals surface area (Å²) in [6.07, 6.45) is -1.07. The molecule has 3 aromatic rings. The molecule has 3 heterocycles. The van der Waals surface area contributed by atoms with Crippen LogP contribution in [-0.4, -0.2) is 42.9 Å². The second kappa shape index (κ2) is 8.81. The van der Waals surface area contributed by atoms with E-state index in [1.165, 1.54) is 23.4 Å². The van der Waals surface area contributed by atoms with Crippen molar-refractivity contribution in [2.75, 3.05) is 11.1 Å². The number of aromatic nitrogens is 4. The minimum absolute atomic E-state index is 0.0290. The van der Waals surface area contributed by atoms with Crippen molar-refractivity contribution in [1.82, 2.24) is 25.1 Å². The maximum absolute atomic E-state index is 13.0. The van der Waals surface area contributed by atoms with E-state index in [4.69, 9.17) is 5.73 Å². The fourth-order valence-electron chi connectivity index (χ4n) is 2.98. The zero-order valence-electron chi connectivity index (χ0n) is 17.6. The van der Waals surface area contributed by atoms with E-state index in [9.17, 15) is 22.8 Å². The summed E-state index contributed by atoms with van der Waals surface area (Å²) >= 11 is 0. The molecule has 1 atom stereocenters. The summed E-state index contributed by atoms with van der Waals surface area (Å²) in [6.45, 7) is 5.34. The molecular formula is C20H22F3N7O2. The van der Waals surface area contributed by atoms with Gasteiger partial charge in [-0.15, -0.1) is 0 Å². The van der Waals surface area contributed by atoms with Gasteiger partial charge in [0.05, 0.1) is 46.8 Å². The number of carbonyl (C=O) groups is 2. The number of aromatic amines is 1. The molecule has 0 radical (unpaired) electrons. The summed E-state index contributed by atoms with van der Waals surface area (Å²) in [4.78, 5) is 34.8. The Morgan fingerprint density at radius 2 is 1.88 bits per heavy atom. The molecule has 0 saturated heterocycles. The maximum Gasteiger partial charge on any atom is 0.417 e. The molecule has 4 N–H and O–H groups in total. The van der Waals surface area contributed by atoms with Crippen molar-refractivity contribution >= 4 is 34.2 Å². The number of anilines is 2. The van der Waals surface area contributed by atoms with E-state index >= 15 is 0 Å². The third kappa shape index (κ3) is 4.79. The van der Waals surface area contributed by atoms with Crippen LogP contribution >= 0.6 is 0 Å². The molecule has 0 aliphatic heterocycles. The van der Waals surface area contributed by atoms with Gasteiger partial charge >= 0.3 is 18.0 Å². The number of hydrogen-bond acceptors (Lipinski definition) is 6. The van der Waals surface area contributed by atoms with Gasteiger partial charge in [0, 0.05) is 12.2 Å². The normalized spacial score (nSPS) is 12.7. The Hall–Kier alpha value is -3.70. The molecule has 0 aliphatic rings. The van der Waals surface area contributed by atoms with E-state index in [-0.39, 0.29) is 29.7 Å². The van der Waals surface area contributed by atoms with E-state index in [1.54, 1.807) is 6.92 Å². The number of pyridine rings is 2. The number of nitrogens with one attached hydrogen (secondary N) is 2. The molecule has 0 spiro atoms. The fourth-order valence-corrected chi connectivity index (χ4v) is 2.98. The molecule has 0 saturated carbocycles. The highest BCUT2D eigenvalue weighted by Crippen LogP contribution is 2.29. The third-order valence-electron chi connectivity index (χ3n) is 5.16. The average Bonchev–Trinajstić information content (AvgIpc) is 3.23. The van der Waals surface area contributed by atoms with Crippen molar-refractivity contribution in [3.8, 4) is 0 Å². The monoisotopic (exact) mass is 449 g/mol. The van der Waals surface area contributed by atoms with E-state index in [2.05, 4.69) is 25.5 Å². The molecular weight excluding hydrogens is 427 g/mol. The number of alkyl halides is 3. The van der Waals surface area contributed by atoms with E-state index in [1.807, 2.05) is 13.8 Å². The molecule has 170 valence electrons. The first-order chi connectivity index (χ1) is 15.0. The minimum atomic E-state index is -4.52. The summed E-state index contributed by atoms with van der Waals surface area (Å²) in [5, 5.41) is 9.53. The molecule has 12 heteroatoms. The zero-order valence-corrected chi connectivity index (χ0v) is 17.6. The average molecular weight is 449 g/mol. The SMILES string of the molecule is CC(C)C(C)N(Cc1ccc(C(F)(F)F)cn1)C(=O)C(=O)Nc1cnc(N)c2cn[nH]c12. The summed E-state index contributed by atoms with van der Waals surface area (Å²) in [5.74, 6) is -1.62. The van der Waals surface area contributed by atoms with Crippen LogP contribution in [-0.2, 0) is 22.3 Å². The molecule has 3 rings (SSSR count). The molecule has 0 bridgehead atoms. The maximum atomic E-state index is 13.0. The van der Waals surface area contributed by atoms with Gasteiger partial charge in [0.1, 0.15) is 5.82 Å². The van der Waals surface area contributed by atoms with E-state index < -0.39 is 29.6 Å². The van der Waals surface area contributed by atoms with Crippen molar-refractivity contribution < 1.29 is 22.8 Å². The number of amides is 2. The largest absolute Gasteiger partial charge is 0.417 e. The molecule has 0 aromatic carbocycles. The van der Waals surface area contributed by atoms with Gasteiger partial charge < -0.3 is 16.0 Å². The number of nitrogen functional groups attached to an aromatic ring is 1. The van der Waals surface area contributed by atoms with Crippen LogP contribution in [0.25, 0.3) is 10.9 Å². The van der Waals surface area contributed by atoms with Crippen LogP contribution in [0.1, 0.15) is 32.0 Å². The van der Waals surface area contributed by atoms with Gasteiger partial charge in [0.25, 0.3) is 0 Å². The Balaban J connectivity index is 1.83. The number of fused-ring (bicyclic) bond motifs is 1. The lowest BCUT2D eigenvalue weighted by Crippen LogP contribution is -2.46. The lowest BCUT2D eigenvalue weighted by Gasteiger charge is -2.31. The van der Waals surface area contributed by atoms with Crippen molar-refractivity contribution in [3.63, 3.8) is 0 Å². The van der Waals surface area contributed by atoms with Crippen molar-refractivity contribution in [1.29, 1.82) is 0 Å². The highest BCUT2D eigenvalue weighted by molar-refractivity contribution is 6.40. The van der Waals surface area contributed by atoms with Crippen molar-refractivity contribution in [2.24, 2.45) is 5.92 Å². The van der Waals surface area contributed by atoms with Gasteiger partial charge in [-0.25, -0.2) is 4.98 Å². The van der Waals surface area contributed by atoms with Crippen molar-refractivity contribution in [2.45, 2.75) is 39.5 Å². The highest BCUT2D eigenvalue weighted by Gasteiger charge is 2.32. The van der Waals surface area contributed by atoms with Crippen LogP contribution in [0.2, 0.25) is 0 Å². The van der Waals surface area contributed by atoms with Crippen molar-refractivity contribution in [3.05, 3.63) is 42.0 Å². The molecule has 1 unspecified atom stereocenters. The molecule has 0 aliphatic carbocycles. The lowest BCUT2D eigenvalue weighted by atomic mass is 10.0. The van der Waals surface area contributed by atoms with Crippen LogP contribution in [0.4, 0.5) is 24.7 Å². The molecule has 2 amide bonds. The van der Waals surface area contributed by atoms with Gasteiger partial charge in [0.2, 0.25) is 0 Å². The number of nitrogens with two attached hydrogens (primary N) is 1. The standard InChI is InChI=1S/C20H22F3N7O2/c1-10(2)11(3)30(9-13-5-4-12(6-25-13)20(21,22)23)19(32)18(31)28-15-8-26-17(24)14-7-27-29-16(14)15/h4-8,10-11H,9H2,1-3H3,(H2,24,26)(H,27,29)(H,28,31). The van der Waals surface area contributed by atoms with Crippen LogP contribution < -0.4 is 11.1 Å². The summed E-state index contributed by atoms with van der Waals surface area (Å²) in [7, 11) is 0. The Kier molecular flexibility index (Phi) is 6.32. The first-order valence-corrected chi connectivity index (χ1v) is 9.70. The fraction of sp³-hybridized carbons (Fsp3) is 0.350. The van der Waals surface area contributed by atoms with Gasteiger partial charge in [-0.1, -0.05) is 13.8 Å². The Labute approximate surface area is 181 Å². The van der Waals surface area contributed by atoms with E-state index in [0.717, 1.165) is 6.07 Å². The summed E-state index contributed by atoms with van der Waals surface area (Å²) < 4.78 is 38.4. The predicted octanol–water partition coefficient (Wildman–Crippen LogP) is 2.97. The van der Waals surface area contributed by atoms with Crippen LogP contribution in [0.15, 0.2) is 30.7 Å². The summed E-state index contributed by atoms with van der Waals surface area (Å²) in [5.41, 5.74) is 5.72. The Morgan fingerprint density at radius 1 is 1.16 bits per heavy atom. The molecule has 32 heavy (non-hydrogen) atoms. The molecule has 0 fully saturated rings. The lowest BCUT2D eigenvalue weighted by molar-refractivity contribution is -0.145. The number of halogens is 3. The van der Waals surface area contributed by atoms with Crippen LogP contribution in [0.5, 0.6) is 0 Å². The predicted molar refractivity (Wildman–Crippen MR) is 111 cm³/mol. The number of rotatable bonds is 5. The second-order valence-corrected chi connectivity index (χ2v) is 7.62. The third-order valence-corrected chi connectivity index (χ3v) is 5.16. The first kappa shape index (κ1) is 23.0. The van der Waals surface area contributed by atoms with Crippen LogP contribution in [0.3, 0.4) is 0 Å². The zero-order chi connectivity index (χ0) is 23.6. The topological polar surface area (TPSA) is 130 Å². The Morgan fingerprint density at radius 3 is 2.47 bits per heavy atom. The number of H-pyrrole nitrogens is 1.